The Kier molecular flexibility index (Phi) is 3.11. The largest absolute Gasteiger partial charge is 0.310 e. The molecule has 2 aromatic rings. The first kappa shape index (κ1) is 12.4. The van der Waals surface area contributed by atoms with Gasteiger partial charge in [0.15, 0.2) is 0 Å². The van der Waals surface area contributed by atoms with E-state index in [1.54, 1.807) is 6.20 Å². The molecule has 1 heterocycles. The number of halogens is 1. The summed E-state index contributed by atoms with van der Waals surface area (Å²) in [6.45, 7) is 1.93. The van der Waals surface area contributed by atoms with Crippen molar-refractivity contribution >= 4 is 27.7 Å². The van der Waals surface area contributed by atoms with Gasteiger partial charge in [-0.2, -0.15) is 0 Å². The van der Waals surface area contributed by atoms with Gasteiger partial charge in [0.1, 0.15) is 5.82 Å². The Morgan fingerprint density at radius 2 is 2.21 bits per heavy atom. The van der Waals surface area contributed by atoms with E-state index in [0.29, 0.717) is 5.82 Å². The van der Waals surface area contributed by atoms with E-state index in [0.717, 1.165) is 22.0 Å². The fourth-order valence-corrected chi connectivity index (χ4v) is 2.81. The minimum absolute atomic E-state index is 0.0247. The van der Waals surface area contributed by atoms with Gasteiger partial charge in [0.2, 0.25) is 5.91 Å². The highest BCUT2D eigenvalue weighted by atomic mass is 79.9. The van der Waals surface area contributed by atoms with Crippen LogP contribution < -0.4 is 5.32 Å². The van der Waals surface area contributed by atoms with E-state index in [-0.39, 0.29) is 11.8 Å². The van der Waals surface area contributed by atoms with Gasteiger partial charge in [-0.25, -0.2) is 4.98 Å². The maximum atomic E-state index is 12.2. The van der Waals surface area contributed by atoms with Crippen LogP contribution in [0.3, 0.4) is 0 Å². The predicted molar refractivity (Wildman–Crippen MR) is 78.2 cm³/mol. The van der Waals surface area contributed by atoms with Crippen molar-refractivity contribution in [1.82, 2.24) is 4.98 Å². The highest BCUT2D eigenvalue weighted by Crippen LogP contribution is 2.35. The van der Waals surface area contributed by atoms with Crippen LogP contribution in [-0.4, -0.2) is 10.9 Å². The molecule has 1 aromatic carbocycles. The summed E-state index contributed by atoms with van der Waals surface area (Å²) in [5.41, 5.74) is 3.35. The van der Waals surface area contributed by atoms with Gasteiger partial charge < -0.3 is 5.32 Å². The molecule has 1 aliphatic carbocycles. The summed E-state index contributed by atoms with van der Waals surface area (Å²) in [7, 11) is 0. The minimum Gasteiger partial charge on any atom is -0.310 e. The average Bonchev–Trinajstić information content (AvgIpc) is 2.34. The Morgan fingerprint density at radius 3 is 2.95 bits per heavy atom. The van der Waals surface area contributed by atoms with E-state index in [2.05, 4.69) is 32.3 Å². The van der Waals surface area contributed by atoms with Crippen molar-refractivity contribution in [2.45, 2.75) is 19.3 Å². The average molecular weight is 317 g/mol. The maximum Gasteiger partial charge on any atom is 0.233 e. The van der Waals surface area contributed by atoms with Crippen molar-refractivity contribution in [1.29, 1.82) is 0 Å². The van der Waals surface area contributed by atoms with Crippen LogP contribution in [0, 0.1) is 6.92 Å². The number of hydrogen-bond acceptors (Lipinski definition) is 2. The van der Waals surface area contributed by atoms with Gasteiger partial charge in [0.25, 0.3) is 0 Å². The topological polar surface area (TPSA) is 42.0 Å². The highest BCUT2D eigenvalue weighted by Gasteiger charge is 2.31. The zero-order chi connectivity index (χ0) is 13.4. The third-order valence-corrected chi connectivity index (χ3v) is 3.89. The molecular weight excluding hydrogens is 304 g/mol. The van der Waals surface area contributed by atoms with Gasteiger partial charge in [0.05, 0.1) is 5.92 Å². The molecule has 0 spiro atoms. The number of aromatic nitrogens is 1. The zero-order valence-electron chi connectivity index (χ0n) is 10.5. The number of benzene rings is 1. The number of amides is 1. The first-order valence-electron chi connectivity index (χ1n) is 6.16. The van der Waals surface area contributed by atoms with E-state index >= 15 is 0 Å². The van der Waals surface area contributed by atoms with Crippen LogP contribution in [0.25, 0.3) is 0 Å². The highest BCUT2D eigenvalue weighted by molar-refractivity contribution is 9.10. The smallest absolute Gasteiger partial charge is 0.233 e. The SMILES string of the molecule is Cc1cc(Br)cnc1NC(=O)C1Cc2ccccc21. The molecule has 0 aliphatic heterocycles. The summed E-state index contributed by atoms with van der Waals surface area (Å²) < 4.78 is 0.914. The first-order valence-corrected chi connectivity index (χ1v) is 6.95. The molecule has 0 radical (unpaired) electrons. The molecule has 1 unspecified atom stereocenters. The Bertz CT molecular complexity index is 654. The van der Waals surface area contributed by atoms with E-state index in [1.807, 2.05) is 31.2 Å². The molecule has 1 N–H and O–H groups in total. The molecule has 3 nitrogen and oxygen atoms in total. The number of carbonyl (C=O) groups excluding carboxylic acids is 1. The third kappa shape index (κ3) is 2.28. The number of anilines is 1. The summed E-state index contributed by atoms with van der Waals surface area (Å²) >= 11 is 3.36. The lowest BCUT2D eigenvalue weighted by molar-refractivity contribution is -0.118. The van der Waals surface area contributed by atoms with Crippen LogP contribution in [0.2, 0.25) is 0 Å². The number of nitrogens with zero attached hydrogens (tertiary/aromatic N) is 1. The lowest BCUT2D eigenvalue weighted by Crippen LogP contribution is -2.30. The van der Waals surface area contributed by atoms with Crippen molar-refractivity contribution in [3.63, 3.8) is 0 Å². The summed E-state index contributed by atoms with van der Waals surface area (Å²) in [5, 5.41) is 2.91. The molecule has 1 atom stereocenters. The Morgan fingerprint density at radius 1 is 1.42 bits per heavy atom. The second kappa shape index (κ2) is 4.78. The van der Waals surface area contributed by atoms with Gasteiger partial charge in [-0.05, 0) is 52.0 Å². The number of pyridine rings is 1. The van der Waals surface area contributed by atoms with Crippen LogP contribution in [-0.2, 0) is 11.2 Å². The molecule has 1 aromatic heterocycles. The van der Waals surface area contributed by atoms with Gasteiger partial charge in [-0.1, -0.05) is 24.3 Å². The Labute approximate surface area is 120 Å². The number of nitrogens with one attached hydrogen (secondary N) is 1. The van der Waals surface area contributed by atoms with Gasteiger partial charge in [-0.15, -0.1) is 0 Å². The van der Waals surface area contributed by atoms with Crippen LogP contribution in [0.1, 0.15) is 22.6 Å². The molecule has 19 heavy (non-hydrogen) atoms. The van der Waals surface area contributed by atoms with Crippen LogP contribution in [0.4, 0.5) is 5.82 Å². The lowest BCUT2D eigenvalue weighted by Gasteiger charge is -2.28. The second-order valence-electron chi connectivity index (χ2n) is 4.76. The van der Waals surface area contributed by atoms with Gasteiger partial charge in [-0.3, -0.25) is 4.79 Å². The molecule has 0 bridgehead atoms. The predicted octanol–water partition coefficient (Wildman–Crippen LogP) is 3.43. The van der Waals surface area contributed by atoms with Crippen LogP contribution in [0.5, 0.6) is 0 Å². The number of fused-ring (bicyclic) bond motifs is 1. The van der Waals surface area contributed by atoms with Crippen LogP contribution in [0.15, 0.2) is 41.0 Å². The number of hydrogen-bond donors (Lipinski definition) is 1. The lowest BCUT2D eigenvalue weighted by atomic mass is 9.77. The molecule has 4 heteroatoms. The second-order valence-corrected chi connectivity index (χ2v) is 5.68. The molecule has 96 valence electrons. The zero-order valence-corrected chi connectivity index (χ0v) is 12.1. The van der Waals surface area contributed by atoms with Crippen molar-refractivity contribution in [2.75, 3.05) is 5.32 Å². The first-order chi connectivity index (χ1) is 9.15. The van der Waals surface area contributed by atoms with Crippen molar-refractivity contribution in [3.05, 3.63) is 57.7 Å². The fraction of sp³-hybridized carbons (Fsp3) is 0.200. The van der Waals surface area contributed by atoms with Crippen LogP contribution >= 0.6 is 15.9 Å². The monoisotopic (exact) mass is 316 g/mol. The van der Waals surface area contributed by atoms with Crippen molar-refractivity contribution in [2.24, 2.45) is 0 Å². The molecule has 1 aliphatic rings. The van der Waals surface area contributed by atoms with Gasteiger partial charge >= 0.3 is 0 Å². The van der Waals surface area contributed by atoms with Crippen molar-refractivity contribution < 1.29 is 4.79 Å². The van der Waals surface area contributed by atoms with Gasteiger partial charge in [0, 0.05) is 10.7 Å². The fourth-order valence-electron chi connectivity index (χ4n) is 2.37. The number of rotatable bonds is 2. The molecule has 3 rings (SSSR count). The third-order valence-electron chi connectivity index (χ3n) is 3.46. The number of aryl methyl sites for hydroxylation is 1. The molecule has 0 saturated heterocycles. The Balaban J connectivity index is 1.77. The van der Waals surface area contributed by atoms with E-state index in [9.17, 15) is 4.79 Å². The van der Waals surface area contributed by atoms with E-state index in [4.69, 9.17) is 0 Å². The molecule has 0 fully saturated rings. The maximum absolute atomic E-state index is 12.2. The molecular formula is C15H13BrN2O. The molecule has 1 amide bonds. The number of carbonyl (C=O) groups is 1. The molecule has 0 saturated carbocycles. The summed E-state index contributed by atoms with van der Waals surface area (Å²) in [5.74, 6) is 0.621. The summed E-state index contributed by atoms with van der Waals surface area (Å²) in [6, 6.07) is 10.0. The van der Waals surface area contributed by atoms with E-state index in [1.165, 1.54) is 5.56 Å². The van der Waals surface area contributed by atoms with Crippen molar-refractivity contribution in [3.8, 4) is 0 Å². The standard InChI is InChI=1S/C15H13BrN2O/c1-9-6-11(16)8-17-14(9)18-15(19)13-7-10-4-2-3-5-12(10)13/h2-6,8,13H,7H2,1H3,(H,17,18,19). The summed E-state index contributed by atoms with van der Waals surface area (Å²) in [6.07, 6.45) is 2.51. The Hall–Kier alpha value is -1.68. The normalized spacial score (nSPS) is 16.4. The minimum atomic E-state index is -0.0407. The van der Waals surface area contributed by atoms with E-state index < -0.39 is 0 Å². The quantitative estimate of drug-likeness (QED) is 0.922. The summed E-state index contributed by atoms with van der Waals surface area (Å²) in [4.78, 5) is 16.5.